The first kappa shape index (κ1) is 9.99. The van der Waals surface area contributed by atoms with Gasteiger partial charge in [0.25, 0.3) is 0 Å². The molecule has 0 spiro atoms. The maximum absolute atomic E-state index is 10.7. The molecule has 0 amide bonds. The van der Waals surface area contributed by atoms with Gasteiger partial charge in [-0.25, -0.2) is 0 Å². The molecule has 0 bridgehead atoms. The molecule has 72 valence electrons. The largest absolute Gasteiger partial charge is 0.468 e. The molecule has 0 aliphatic heterocycles. The predicted octanol–water partition coefficient (Wildman–Crippen LogP) is -0.0266. The first-order valence-electron chi connectivity index (χ1n) is 3.87. The Hall–Kier alpha value is -2.09. The van der Waals surface area contributed by atoms with Gasteiger partial charge in [0, 0.05) is 0 Å². The van der Waals surface area contributed by atoms with Crippen LogP contribution in [0.1, 0.15) is 12.1 Å². The van der Waals surface area contributed by atoms with Crippen molar-refractivity contribution in [2.75, 3.05) is 12.8 Å². The van der Waals surface area contributed by atoms with Gasteiger partial charge in [0.15, 0.2) is 0 Å². The summed E-state index contributed by atoms with van der Waals surface area (Å²) >= 11 is 0. The first-order chi connectivity index (χ1) is 6.72. The Labute approximate surface area is 81.3 Å². The van der Waals surface area contributed by atoms with E-state index in [-0.39, 0.29) is 12.4 Å². The lowest BCUT2D eigenvalue weighted by atomic mass is 10.3. The van der Waals surface area contributed by atoms with E-state index >= 15 is 0 Å². The summed E-state index contributed by atoms with van der Waals surface area (Å²) in [5, 5.41) is 7.31. The lowest BCUT2D eigenvalue weighted by molar-refractivity contribution is -0.139. The summed E-state index contributed by atoms with van der Waals surface area (Å²) in [6, 6.07) is 3.22. The van der Waals surface area contributed by atoms with Gasteiger partial charge in [-0.3, -0.25) is 4.79 Å². The van der Waals surface area contributed by atoms with Gasteiger partial charge in [-0.1, -0.05) is 5.92 Å². The number of rotatable bonds is 1. The summed E-state index contributed by atoms with van der Waals surface area (Å²) in [7, 11) is 1.31. The Bertz CT molecular complexity index is 375. The van der Waals surface area contributed by atoms with Crippen LogP contribution in [0.4, 0.5) is 5.82 Å². The molecule has 1 aromatic rings. The van der Waals surface area contributed by atoms with Crippen LogP contribution in [0.15, 0.2) is 12.1 Å². The van der Waals surface area contributed by atoms with E-state index in [4.69, 9.17) is 5.73 Å². The zero-order chi connectivity index (χ0) is 10.4. The van der Waals surface area contributed by atoms with Crippen LogP contribution in [-0.4, -0.2) is 23.3 Å². The summed E-state index contributed by atoms with van der Waals surface area (Å²) in [4.78, 5) is 10.7. The molecular weight excluding hydrogens is 182 g/mol. The number of nitrogen functional groups attached to an aromatic ring is 1. The third-order valence-corrected chi connectivity index (χ3v) is 1.36. The van der Waals surface area contributed by atoms with E-state index in [1.165, 1.54) is 7.11 Å². The van der Waals surface area contributed by atoms with Gasteiger partial charge in [0.2, 0.25) is 0 Å². The molecule has 1 aromatic heterocycles. The highest BCUT2D eigenvalue weighted by Gasteiger charge is 1.94. The monoisotopic (exact) mass is 191 g/mol. The van der Waals surface area contributed by atoms with Gasteiger partial charge in [0.1, 0.15) is 17.9 Å². The molecule has 5 nitrogen and oxygen atoms in total. The van der Waals surface area contributed by atoms with Crippen LogP contribution in [-0.2, 0) is 9.53 Å². The number of hydrogen-bond acceptors (Lipinski definition) is 5. The normalized spacial score (nSPS) is 8.64. The van der Waals surface area contributed by atoms with E-state index in [1.54, 1.807) is 12.1 Å². The number of anilines is 1. The van der Waals surface area contributed by atoms with Crippen molar-refractivity contribution in [2.24, 2.45) is 0 Å². The Morgan fingerprint density at radius 1 is 1.57 bits per heavy atom. The van der Waals surface area contributed by atoms with Gasteiger partial charge in [0.05, 0.1) is 7.11 Å². The van der Waals surface area contributed by atoms with Gasteiger partial charge >= 0.3 is 5.97 Å². The number of carbonyl (C=O) groups excluding carboxylic acids is 1. The second kappa shape index (κ2) is 4.82. The van der Waals surface area contributed by atoms with E-state index in [1.807, 2.05) is 0 Å². The minimum atomic E-state index is -0.374. The molecule has 2 N–H and O–H groups in total. The molecule has 14 heavy (non-hydrogen) atoms. The second-order valence-electron chi connectivity index (χ2n) is 2.40. The summed E-state index contributed by atoms with van der Waals surface area (Å²) < 4.78 is 4.41. The first-order valence-corrected chi connectivity index (χ1v) is 3.87. The van der Waals surface area contributed by atoms with Crippen LogP contribution in [0, 0.1) is 11.8 Å². The SMILES string of the molecule is COC(=O)CC#Cc1ccc(N)nn1. The zero-order valence-electron chi connectivity index (χ0n) is 7.65. The average molecular weight is 191 g/mol. The highest BCUT2D eigenvalue weighted by Crippen LogP contribution is 1.94. The van der Waals surface area contributed by atoms with Crippen molar-refractivity contribution in [3.8, 4) is 11.8 Å². The number of methoxy groups -OCH3 is 1. The molecule has 1 rings (SSSR count). The zero-order valence-corrected chi connectivity index (χ0v) is 7.65. The standard InChI is InChI=1S/C9H9N3O2/c1-14-9(13)4-2-3-7-5-6-8(10)12-11-7/h5-6H,4H2,1H3,(H2,10,12). The van der Waals surface area contributed by atoms with Crippen LogP contribution in [0.3, 0.4) is 0 Å². The molecule has 0 fully saturated rings. The lowest BCUT2D eigenvalue weighted by Gasteiger charge is -1.90. The van der Waals surface area contributed by atoms with Crippen LogP contribution >= 0.6 is 0 Å². The van der Waals surface area contributed by atoms with E-state index in [0.29, 0.717) is 11.5 Å². The molecule has 0 saturated heterocycles. The highest BCUT2D eigenvalue weighted by molar-refractivity contribution is 5.72. The lowest BCUT2D eigenvalue weighted by Crippen LogP contribution is -1.97. The fourth-order valence-electron chi connectivity index (χ4n) is 0.688. The van der Waals surface area contributed by atoms with Crippen LogP contribution in [0.2, 0.25) is 0 Å². The minimum Gasteiger partial charge on any atom is -0.468 e. The number of carbonyl (C=O) groups is 1. The number of ether oxygens (including phenoxy) is 1. The van der Waals surface area contributed by atoms with Crippen molar-refractivity contribution in [3.05, 3.63) is 17.8 Å². The van der Waals surface area contributed by atoms with Crippen molar-refractivity contribution >= 4 is 11.8 Å². The smallest absolute Gasteiger partial charge is 0.317 e. The van der Waals surface area contributed by atoms with E-state index in [0.717, 1.165) is 0 Å². The summed E-state index contributed by atoms with van der Waals surface area (Å²) in [5.74, 6) is 5.22. The van der Waals surface area contributed by atoms with Gasteiger partial charge < -0.3 is 10.5 Å². The topological polar surface area (TPSA) is 78.1 Å². The molecular formula is C9H9N3O2. The van der Waals surface area contributed by atoms with Crippen molar-refractivity contribution in [2.45, 2.75) is 6.42 Å². The molecule has 5 heteroatoms. The molecule has 0 aliphatic rings. The van der Waals surface area contributed by atoms with Crippen LogP contribution in [0.25, 0.3) is 0 Å². The molecule has 0 radical (unpaired) electrons. The molecule has 1 heterocycles. The minimum absolute atomic E-state index is 0.0442. The number of nitrogens with two attached hydrogens (primary N) is 1. The fraction of sp³-hybridized carbons (Fsp3) is 0.222. The average Bonchev–Trinajstić information content (AvgIpc) is 2.21. The Morgan fingerprint density at radius 3 is 2.93 bits per heavy atom. The van der Waals surface area contributed by atoms with Crippen molar-refractivity contribution in [3.63, 3.8) is 0 Å². The maximum atomic E-state index is 10.7. The Kier molecular flexibility index (Phi) is 3.44. The molecule has 0 atom stereocenters. The van der Waals surface area contributed by atoms with Gasteiger partial charge in [-0.15, -0.1) is 10.2 Å². The Balaban J connectivity index is 2.59. The van der Waals surface area contributed by atoms with Gasteiger partial charge in [-0.2, -0.15) is 0 Å². The van der Waals surface area contributed by atoms with Crippen LogP contribution < -0.4 is 5.73 Å². The maximum Gasteiger partial charge on any atom is 0.317 e. The molecule has 0 aliphatic carbocycles. The van der Waals surface area contributed by atoms with Crippen molar-refractivity contribution < 1.29 is 9.53 Å². The Morgan fingerprint density at radius 2 is 2.36 bits per heavy atom. The van der Waals surface area contributed by atoms with E-state index in [9.17, 15) is 4.79 Å². The fourth-order valence-corrected chi connectivity index (χ4v) is 0.688. The molecule has 0 saturated carbocycles. The second-order valence-corrected chi connectivity index (χ2v) is 2.40. The summed E-state index contributed by atoms with van der Waals surface area (Å²) in [6.07, 6.45) is 0.0442. The molecule has 0 unspecified atom stereocenters. The van der Waals surface area contributed by atoms with Crippen LogP contribution in [0.5, 0.6) is 0 Å². The van der Waals surface area contributed by atoms with Crippen molar-refractivity contribution in [1.29, 1.82) is 0 Å². The number of esters is 1. The van der Waals surface area contributed by atoms with Crippen molar-refractivity contribution in [1.82, 2.24) is 10.2 Å². The van der Waals surface area contributed by atoms with Gasteiger partial charge in [-0.05, 0) is 18.1 Å². The van der Waals surface area contributed by atoms with E-state index in [2.05, 4.69) is 26.8 Å². The quantitative estimate of drug-likeness (QED) is 0.498. The number of hydrogen-bond donors (Lipinski definition) is 1. The third kappa shape index (κ3) is 3.11. The predicted molar refractivity (Wildman–Crippen MR) is 50.0 cm³/mol. The summed E-state index contributed by atoms with van der Waals surface area (Å²) in [5.41, 5.74) is 5.80. The number of aromatic nitrogens is 2. The van der Waals surface area contributed by atoms with E-state index < -0.39 is 0 Å². The number of nitrogens with zero attached hydrogens (tertiary/aromatic N) is 2. The highest BCUT2D eigenvalue weighted by atomic mass is 16.5. The third-order valence-electron chi connectivity index (χ3n) is 1.36. The summed E-state index contributed by atoms with van der Waals surface area (Å²) in [6.45, 7) is 0. The molecule has 0 aromatic carbocycles.